The first-order chi connectivity index (χ1) is 22.4. The molecular formula is C37H42BrN3O5S. The molecule has 0 aliphatic heterocycles. The number of nitrogens with one attached hydrogen (secondary N) is 1. The average molecular weight is 721 g/mol. The number of sulfonamides is 1. The standard InChI is InChI=1S/C37H42BrN3O5S/c1-6-28(4)39-37(43)34(22-29-12-8-7-9-13-29)40(24-30-14-10-11-27(3)21-30)36(42)25-41(31-17-15-26(2)16-18-31)47(44,45)32-19-20-35(46-5)33(38)23-32/h7-21,23,28,34H,6,22,24-25H2,1-5H3,(H,39,43)/t28-,34-/m1/s1. The Bertz CT molecular complexity index is 1780. The molecule has 0 unspecified atom stereocenters. The molecule has 10 heteroatoms. The zero-order valence-electron chi connectivity index (χ0n) is 27.4. The SMILES string of the molecule is CC[C@@H](C)NC(=O)[C@@H](Cc1ccccc1)N(Cc1cccc(C)c1)C(=O)CN(c1ccc(C)cc1)S(=O)(=O)c1ccc(OC)c(Br)c1. The van der Waals surface area contributed by atoms with Crippen LogP contribution in [0.3, 0.4) is 0 Å². The number of aryl methyl sites for hydroxylation is 2. The van der Waals surface area contributed by atoms with Gasteiger partial charge in [0.05, 0.1) is 22.2 Å². The van der Waals surface area contributed by atoms with Gasteiger partial charge in [-0.05, 0) is 84.6 Å². The Hall–Kier alpha value is -4.15. The summed E-state index contributed by atoms with van der Waals surface area (Å²) >= 11 is 3.40. The first-order valence-electron chi connectivity index (χ1n) is 15.5. The summed E-state index contributed by atoms with van der Waals surface area (Å²) in [4.78, 5) is 30.1. The molecule has 0 radical (unpaired) electrons. The summed E-state index contributed by atoms with van der Waals surface area (Å²) in [5.74, 6) is -0.334. The summed E-state index contributed by atoms with van der Waals surface area (Å²) in [6.07, 6.45) is 0.968. The highest BCUT2D eigenvalue weighted by Crippen LogP contribution is 2.31. The Morgan fingerprint density at radius 2 is 1.55 bits per heavy atom. The van der Waals surface area contributed by atoms with Crippen LogP contribution in [0.5, 0.6) is 5.75 Å². The van der Waals surface area contributed by atoms with Crippen LogP contribution < -0.4 is 14.4 Å². The van der Waals surface area contributed by atoms with Gasteiger partial charge in [0.15, 0.2) is 0 Å². The van der Waals surface area contributed by atoms with E-state index in [0.29, 0.717) is 22.3 Å². The molecule has 0 bridgehead atoms. The summed E-state index contributed by atoms with van der Waals surface area (Å²) in [7, 11) is -2.75. The Labute approximate surface area is 286 Å². The van der Waals surface area contributed by atoms with Gasteiger partial charge in [-0.15, -0.1) is 0 Å². The van der Waals surface area contributed by atoms with Crippen molar-refractivity contribution in [3.05, 3.63) is 124 Å². The van der Waals surface area contributed by atoms with Gasteiger partial charge in [-0.2, -0.15) is 0 Å². The van der Waals surface area contributed by atoms with Crippen LogP contribution >= 0.6 is 15.9 Å². The second kappa shape index (κ2) is 16.1. The first-order valence-corrected chi connectivity index (χ1v) is 17.8. The third-order valence-corrected chi connectivity index (χ3v) is 10.4. The lowest BCUT2D eigenvalue weighted by molar-refractivity contribution is -0.140. The number of hydrogen-bond acceptors (Lipinski definition) is 5. The Morgan fingerprint density at radius 3 is 2.17 bits per heavy atom. The summed E-state index contributed by atoms with van der Waals surface area (Å²) in [6.45, 7) is 7.36. The molecule has 4 rings (SSSR count). The molecule has 4 aromatic rings. The number of halogens is 1. The van der Waals surface area contributed by atoms with E-state index in [4.69, 9.17) is 4.74 Å². The van der Waals surface area contributed by atoms with Crippen molar-refractivity contribution >= 4 is 43.5 Å². The van der Waals surface area contributed by atoms with Crippen LogP contribution in [0, 0.1) is 13.8 Å². The number of anilines is 1. The zero-order valence-corrected chi connectivity index (χ0v) is 29.8. The summed E-state index contributed by atoms with van der Waals surface area (Å²) in [5.41, 5.74) is 3.99. The van der Waals surface area contributed by atoms with Crippen molar-refractivity contribution in [2.45, 2.75) is 64.1 Å². The lowest BCUT2D eigenvalue weighted by atomic mass is 10.0. The summed E-state index contributed by atoms with van der Waals surface area (Å²) in [6, 6.07) is 27.7. The second-order valence-corrected chi connectivity index (χ2v) is 14.4. The predicted octanol–water partition coefficient (Wildman–Crippen LogP) is 6.82. The van der Waals surface area contributed by atoms with Crippen LogP contribution in [0.2, 0.25) is 0 Å². The van der Waals surface area contributed by atoms with Gasteiger partial charge in [-0.3, -0.25) is 13.9 Å². The third-order valence-electron chi connectivity index (χ3n) is 8.02. The molecule has 248 valence electrons. The van der Waals surface area contributed by atoms with Crippen molar-refractivity contribution in [3.8, 4) is 5.75 Å². The molecule has 0 spiro atoms. The number of carbonyl (C=O) groups excluding carboxylic acids is 2. The van der Waals surface area contributed by atoms with Crippen LogP contribution in [0.1, 0.15) is 42.5 Å². The third kappa shape index (κ3) is 9.23. The van der Waals surface area contributed by atoms with Gasteiger partial charge in [0.2, 0.25) is 11.8 Å². The number of nitrogens with zero attached hydrogens (tertiary/aromatic N) is 2. The van der Waals surface area contributed by atoms with Gasteiger partial charge in [0.1, 0.15) is 18.3 Å². The highest BCUT2D eigenvalue weighted by molar-refractivity contribution is 9.10. The van der Waals surface area contributed by atoms with E-state index in [1.54, 1.807) is 30.3 Å². The van der Waals surface area contributed by atoms with Crippen molar-refractivity contribution in [2.24, 2.45) is 0 Å². The maximum atomic E-state index is 14.6. The molecular weight excluding hydrogens is 678 g/mol. The summed E-state index contributed by atoms with van der Waals surface area (Å²) in [5, 5.41) is 3.07. The van der Waals surface area contributed by atoms with Crippen LogP contribution in [0.25, 0.3) is 0 Å². The molecule has 2 atom stereocenters. The lowest BCUT2D eigenvalue weighted by Crippen LogP contribution is -2.54. The van der Waals surface area contributed by atoms with Crippen molar-refractivity contribution < 1.29 is 22.7 Å². The number of methoxy groups -OCH3 is 1. The molecule has 0 saturated carbocycles. The minimum atomic E-state index is -4.25. The predicted molar refractivity (Wildman–Crippen MR) is 190 cm³/mol. The van der Waals surface area contributed by atoms with E-state index in [1.807, 2.05) is 82.3 Å². The molecule has 0 saturated heterocycles. The van der Waals surface area contributed by atoms with E-state index in [-0.39, 0.29) is 29.8 Å². The normalized spacial score (nSPS) is 12.6. The molecule has 0 aliphatic rings. The van der Waals surface area contributed by atoms with Crippen LogP contribution in [-0.4, -0.2) is 50.9 Å². The molecule has 0 fully saturated rings. The van der Waals surface area contributed by atoms with E-state index in [9.17, 15) is 18.0 Å². The highest BCUT2D eigenvalue weighted by Gasteiger charge is 2.35. The fourth-order valence-corrected chi connectivity index (χ4v) is 7.31. The first kappa shape index (κ1) is 35.7. The van der Waals surface area contributed by atoms with Gasteiger partial charge < -0.3 is 15.0 Å². The van der Waals surface area contributed by atoms with E-state index >= 15 is 0 Å². The number of hydrogen-bond donors (Lipinski definition) is 1. The fraction of sp³-hybridized carbons (Fsp3) is 0.297. The molecule has 1 N–H and O–H groups in total. The van der Waals surface area contributed by atoms with Gasteiger partial charge in [-0.25, -0.2) is 8.42 Å². The molecule has 0 aromatic heterocycles. The van der Waals surface area contributed by atoms with Crippen LogP contribution in [0.15, 0.2) is 106 Å². The number of carbonyl (C=O) groups is 2. The Kier molecular flexibility index (Phi) is 12.2. The smallest absolute Gasteiger partial charge is 0.264 e. The number of amides is 2. The number of ether oxygens (including phenoxy) is 1. The summed E-state index contributed by atoms with van der Waals surface area (Å²) < 4.78 is 35.5. The van der Waals surface area contributed by atoms with Crippen LogP contribution in [0.4, 0.5) is 5.69 Å². The minimum absolute atomic E-state index is 0.0147. The Morgan fingerprint density at radius 1 is 0.872 bits per heavy atom. The quantitative estimate of drug-likeness (QED) is 0.154. The van der Waals surface area contributed by atoms with E-state index in [2.05, 4.69) is 21.2 Å². The monoisotopic (exact) mass is 719 g/mol. The Balaban J connectivity index is 1.82. The van der Waals surface area contributed by atoms with Crippen molar-refractivity contribution in [1.82, 2.24) is 10.2 Å². The lowest BCUT2D eigenvalue weighted by Gasteiger charge is -2.34. The molecule has 0 heterocycles. The number of rotatable bonds is 14. The molecule has 4 aromatic carbocycles. The zero-order chi connectivity index (χ0) is 34.1. The van der Waals surface area contributed by atoms with E-state index in [1.165, 1.54) is 24.1 Å². The fourth-order valence-electron chi connectivity index (χ4n) is 5.18. The van der Waals surface area contributed by atoms with Gasteiger partial charge in [0, 0.05) is 19.0 Å². The molecule has 8 nitrogen and oxygen atoms in total. The maximum absolute atomic E-state index is 14.6. The minimum Gasteiger partial charge on any atom is -0.496 e. The van der Waals surface area contributed by atoms with Crippen molar-refractivity contribution in [2.75, 3.05) is 18.0 Å². The van der Waals surface area contributed by atoms with Gasteiger partial charge in [-0.1, -0.05) is 84.8 Å². The highest BCUT2D eigenvalue weighted by atomic mass is 79.9. The maximum Gasteiger partial charge on any atom is 0.264 e. The molecule has 47 heavy (non-hydrogen) atoms. The van der Waals surface area contributed by atoms with E-state index < -0.39 is 28.5 Å². The van der Waals surface area contributed by atoms with E-state index in [0.717, 1.165) is 26.6 Å². The van der Waals surface area contributed by atoms with Gasteiger partial charge in [0.25, 0.3) is 10.0 Å². The van der Waals surface area contributed by atoms with Crippen molar-refractivity contribution in [3.63, 3.8) is 0 Å². The number of benzene rings is 4. The second-order valence-electron chi connectivity index (χ2n) is 11.7. The average Bonchev–Trinajstić information content (AvgIpc) is 3.05. The largest absolute Gasteiger partial charge is 0.496 e. The van der Waals surface area contributed by atoms with Gasteiger partial charge >= 0.3 is 0 Å². The topological polar surface area (TPSA) is 96.0 Å². The van der Waals surface area contributed by atoms with Crippen LogP contribution in [-0.2, 0) is 32.6 Å². The van der Waals surface area contributed by atoms with Crippen molar-refractivity contribution in [1.29, 1.82) is 0 Å². The molecule has 0 aliphatic carbocycles. The molecule has 2 amide bonds.